The van der Waals surface area contributed by atoms with E-state index in [0.29, 0.717) is 18.5 Å². The first kappa shape index (κ1) is 14.2. The predicted molar refractivity (Wildman–Crippen MR) is 67.3 cm³/mol. The maximum atomic E-state index is 11.6. The van der Waals surface area contributed by atoms with Crippen LogP contribution in [0.3, 0.4) is 0 Å². The van der Waals surface area contributed by atoms with Crippen LogP contribution in [0.5, 0.6) is 0 Å². The van der Waals surface area contributed by atoms with Crippen LogP contribution in [0.25, 0.3) is 0 Å². The molecule has 0 aliphatic heterocycles. The second-order valence-corrected chi connectivity index (χ2v) is 4.06. The standard InChI is InChI=1S/C13H18N2O3/c16-12(17)7-3-1-2-4-9-15-13(18)11-6-5-8-14-10-11/h5-6,8,10H,1-4,7,9H2,(H,15,18)(H,16,17). The highest BCUT2D eigenvalue weighted by Crippen LogP contribution is 2.02. The molecule has 0 unspecified atom stereocenters. The van der Waals surface area contributed by atoms with Crippen molar-refractivity contribution in [3.63, 3.8) is 0 Å². The van der Waals surface area contributed by atoms with Crippen molar-refractivity contribution in [1.82, 2.24) is 10.3 Å². The first-order chi connectivity index (χ1) is 8.70. The minimum absolute atomic E-state index is 0.117. The highest BCUT2D eigenvalue weighted by atomic mass is 16.4. The number of carbonyl (C=O) groups excluding carboxylic acids is 1. The predicted octanol–water partition coefficient (Wildman–Crippen LogP) is 1.85. The van der Waals surface area contributed by atoms with Crippen LogP contribution in [-0.4, -0.2) is 28.5 Å². The van der Waals surface area contributed by atoms with Gasteiger partial charge in [-0.15, -0.1) is 0 Å². The summed E-state index contributed by atoms with van der Waals surface area (Å²) in [6.45, 7) is 0.612. The molecule has 0 bridgehead atoms. The van der Waals surface area contributed by atoms with Crippen molar-refractivity contribution in [3.8, 4) is 0 Å². The van der Waals surface area contributed by atoms with Crippen LogP contribution in [0.4, 0.5) is 0 Å². The maximum absolute atomic E-state index is 11.6. The van der Waals surface area contributed by atoms with E-state index in [1.807, 2.05) is 0 Å². The Morgan fingerprint density at radius 2 is 2.00 bits per heavy atom. The molecule has 5 nitrogen and oxygen atoms in total. The van der Waals surface area contributed by atoms with E-state index in [1.54, 1.807) is 18.3 Å². The van der Waals surface area contributed by atoms with E-state index >= 15 is 0 Å². The Balaban J connectivity index is 2.05. The van der Waals surface area contributed by atoms with Crippen molar-refractivity contribution in [1.29, 1.82) is 0 Å². The number of carboxylic acid groups (broad SMARTS) is 1. The molecule has 5 heteroatoms. The van der Waals surface area contributed by atoms with Crippen LogP contribution >= 0.6 is 0 Å². The fraction of sp³-hybridized carbons (Fsp3) is 0.462. The summed E-state index contributed by atoms with van der Waals surface area (Å²) in [4.78, 5) is 25.7. The number of nitrogens with one attached hydrogen (secondary N) is 1. The van der Waals surface area contributed by atoms with Crippen LogP contribution in [0.2, 0.25) is 0 Å². The molecular weight excluding hydrogens is 232 g/mol. The van der Waals surface area contributed by atoms with Gasteiger partial charge in [0.15, 0.2) is 0 Å². The number of carbonyl (C=O) groups is 2. The van der Waals surface area contributed by atoms with E-state index in [2.05, 4.69) is 10.3 Å². The molecule has 1 rings (SSSR count). The highest BCUT2D eigenvalue weighted by molar-refractivity contribution is 5.93. The molecule has 0 aliphatic rings. The highest BCUT2D eigenvalue weighted by Gasteiger charge is 2.03. The number of nitrogens with zero attached hydrogens (tertiary/aromatic N) is 1. The Labute approximate surface area is 106 Å². The van der Waals surface area contributed by atoms with E-state index in [-0.39, 0.29) is 12.3 Å². The molecule has 1 amide bonds. The van der Waals surface area contributed by atoms with E-state index in [9.17, 15) is 9.59 Å². The molecule has 0 saturated carbocycles. The van der Waals surface area contributed by atoms with Crippen molar-refractivity contribution in [2.45, 2.75) is 32.1 Å². The second kappa shape index (κ2) is 8.22. The summed E-state index contributed by atoms with van der Waals surface area (Å²) >= 11 is 0. The molecular formula is C13H18N2O3. The Kier molecular flexibility index (Phi) is 6.46. The largest absolute Gasteiger partial charge is 0.481 e. The zero-order chi connectivity index (χ0) is 13.2. The number of carboxylic acids is 1. The van der Waals surface area contributed by atoms with Crippen LogP contribution in [0, 0.1) is 0 Å². The lowest BCUT2D eigenvalue weighted by molar-refractivity contribution is -0.137. The zero-order valence-corrected chi connectivity index (χ0v) is 10.3. The van der Waals surface area contributed by atoms with Crippen molar-refractivity contribution in [2.24, 2.45) is 0 Å². The van der Waals surface area contributed by atoms with Gasteiger partial charge in [-0.25, -0.2) is 0 Å². The summed E-state index contributed by atoms with van der Waals surface area (Å²) in [5.41, 5.74) is 0.559. The number of amides is 1. The van der Waals surface area contributed by atoms with Gasteiger partial charge in [0.2, 0.25) is 0 Å². The average molecular weight is 250 g/mol. The lowest BCUT2D eigenvalue weighted by atomic mass is 10.1. The summed E-state index contributed by atoms with van der Waals surface area (Å²) in [6.07, 6.45) is 6.76. The maximum Gasteiger partial charge on any atom is 0.303 e. The molecule has 0 spiro atoms. The normalized spacial score (nSPS) is 10.0. The Morgan fingerprint density at radius 3 is 2.67 bits per heavy atom. The fourth-order valence-corrected chi connectivity index (χ4v) is 1.56. The average Bonchev–Trinajstić information content (AvgIpc) is 2.38. The molecule has 0 aliphatic carbocycles. The molecule has 1 aromatic rings. The third kappa shape index (κ3) is 5.98. The third-order valence-electron chi connectivity index (χ3n) is 2.53. The third-order valence-corrected chi connectivity index (χ3v) is 2.53. The van der Waals surface area contributed by atoms with E-state index in [4.69, 9.17) is 5.11 Å². The van der Waals surface area contributed by atoms with Crippen LogP contribution in [-0.2, 0) is 4.79 Å². The number of unbranched alkanes of at least 4 members (excludes halogenated alkanes) is 3. The number of hydrogen-bond donors (Lipinski definition) is 2. The van der Waals surface area contributed by atoms with Crippen LogP contribution in [0.1, 0.15) is 42.5 Å². The summed E-state index contributed by atoms with van der Waals surface area (Å²) in [5.74, 6) is -0.867. The molecule has 1 heterocycles. The summed E-state index contributed by atoms with van der Waals surface area (Å²) in [6, 6.07) is 3.44. The zero-order valence-electron chi connectivity index (χ0n) is 10.3. The molecule has 2 N–H and O–H groups in total. The van der Waals surface area contributed by atoms with Gasteiger partial charge in [0.05, 0.1) is 5.56 Å². The van der Waals surface area contributed by atoms with Gasteiger partial charge in [0.1, 0.15) is 0 Å². The van der Waals surface area contributed by atoms with Gasteiger partial charge in [0.25, 0.3) is 5.91 Å². The van der Waals surface area contributed by atoms with Gasteiger partial charge < -0.3 is 10.4 Å². The van der Waals surface area contributed by atoms with Gasteiger partial charge >= 0.3 is 5.97 Å². The molecule has 98 valence electrons. The SMILES string of the molecule is O=C(O)CCCCCCNC(=O)c1cccnc1. The second-order valence-electron chi connectivity index (χ2n) is 4.06. The summed E-state index contributed by atoms with van der Waals surface area (Å²) < 4.78 is 0. The van der Waals surface area contributed by atoms with Crippen molar-refractivity contribution in [3.05, 3.63) is 30.1 Å². The topological polar surface area (TPSA) is 79.3 Å². The van der Waals surface area contributed by atoms with E-state index in [1.165, 1.54) is 6.20 Å². The molecule has 18 heavy (non-hydrogen) atoms. The summed E-state index contributed by atoms with van der Waals surface area (Å²) in [5, 5.41) is 11.3. The molecule has 0 atom stereocenters. The fourth-order valence-electron chi connectivity index (χ4n) is 1.56. The van der Waals surface area contributed by atoms with Crippen LogP contribution < -0.4 is 5.32 Å². The minimum Gasteiger partial charge on any atom is -0.481 e. The Hall–Kier alpha value is -1.91. The molecule has 1 aromatic heterocycles. The molecule has 0 saturated heterocycles. The molecule has 0 aromatic carbocycles. The van der Waals surface area contributed by atoms with Crippen molar-refractivity contribution in [2.75, 3.05) is 6.54 Å². The van der Waals surface area contributed by atoms with Gasteiger partial charge in [-0.3, -0.25) is 14.6 Å². The van der Waals surface area contributed by atoms with Crippen LogP contribution in [0.15, 0.2) is 24.5 Å². The number of hydrogen-bond acceptors (Lipinski definition) is 3. The lowest BCUT2D eigenvalue weighted by Gasteiger charge is -2.04. The quantitative estimate of drug-likeness (QED) is 0.690. The monoisotopic (exact) mass is 250 g/mol. The number of aliphatic carboxylic acids is 1. The smallest absolute Gasteiger partial charge is 0.303 e. The van der Waals surface area contributed by atoms with E-state index in [0.717, 1.165) is 19.3 Å². The number of rotatable bonds is 8. The summed E-state index contributed by atoms with van der Waals surface area (Å²) in [7, 11) is 0. The van der Waals surface area contributed by atoms with E-state index < -0.39 is 5.97 Å². The minimum atomic E-state index is -0.750. The van der Waals surface area contributed by atoms with Crippen molar-refractivity contribution >= 4 is 11.9 Å². The van der Waals surface area contributed by atoms with Gasteiger partial charge in [-0.1, -0.05) is 12.8 Å². The Bertz CT molecular complexity index is 379. The number of pyridine rings is 1. The first-order valence-corrected chi connectivity index (χ1v) is 6.10. The van der Waals surface area contributed by atoms with Gasteiger partial charge in [0, 0.05) is 25.4 Å². The van der Waals surface area contributed by atoms with Gasteiger partial charge in [-0.2, -0.15) is 0 Å². The van der Waals surface area contributed by atoms with Crippen molar-refractivity contribution < 1.29 is 14.7 Å². The van der Waals surface area contributed by atoms with Gasteiger partial charge in [-0.05, 0) is 25.0 Å². The number of aromatic nitrogens is 1. The lowest BCUT2D eigenvalue weighted by Crippen LogP contribution is -2.24. The molecule has 0 radical (unpaired) electrons. The molecule has 0 fully saturated rings. The Morgan fingerprint density at radius 1 is 1.22 bits per heavy atom. The first-order valence-electron chi connectivity index (χ1n) is 6.10.